The molecule has 0 fully saturated rings. The smallest absolute Gasteiger partial charge is 0.175 e. The van der Waals surface area contributed by atoms with E-state index in [-0.39, 0.29) is 11.2 Å². The minimum absolute atomic E-state index is 0.0344. The summed E-state index contributed by atoms with van der Waals surface area (Å²) in [7, 11) is 0. The van der Waals surface area contributed by atoms with Crippen LogP contribution >= 0.6 is 27.3 Å². The van der Waals surface area contributed by atoms with Crippen LogP contribution in [0.4, 0.5) is 0 Å². The van der Waals surface area contributed by atoms with Gasteiger partial charge in [-0.1, -0.05) is 41.9 Å². The van der Waals surface area contributed by atoms with E-state index in [0.29, 0.717) is 6.42 Å². The lowest BCUT2D eigenvalue weighted by Crippen LogP contribution is -2.25. The number of carbonyl (C=O) groups is 1. The van der Waals surface area contributed by atoms with Gasteiger partial charge in [-0.05, 0) is 24.0 Å². The Morgan fingerprint density at radius 3 is 2.84 bits per heavy atom. The number of benzene rings is 1. The zero-order chi connectivity index (χ0) is 13.6. The van der Waals surface area contributed by atoms with E-state index >= 15 is 0 Å². The largest absolute Gasteiger partial charge is 0.293 e. The first-order chi connectivity index (χ1) is 8.94. The van der Waals surface area contributed by atoms with Gasteiger partial charge in [0, 0.05) is 16.5 Å². The van der Waals surface area contributed by atoms with Crippen LogP contribution in [0.25, 0.3) is 10.6 Å². The first-order valence-corrected chi connectivity index (χ1v) is 7.84. The van der Waals surface area contributed by atoms with Gasteiger partial charge in [0.2, 0.25) is 0 Å². The first kappa shape index (κ1) is 13.0. The van der Waals surface area contributed by atoms with Crippen molar-refractivity contribution in [2.75, 3.05) is 0 Å². The Labute approximate surface area is 125 Å². The minimum Gasteiger partial charge on any atom is -0.293 e. The molecule has 4 heteroatoms. The lowest BCUT2D eigenvalue weighted by atomic mass is 9.78. The number of aromatic nitrogens is 1. The molecule has 1 aromatic carbocycles. The summed E-state index contributed by atoms with van der Waals surface area (Å²) in [6, 6.07) is 8.06. The number of rotatable bonds is 1. The average Bonchev–Trinajstić information content (AvgIpc) is 2.71. The van der Waals surface area contributed by atoms with Gasteiger partial charge in [0.25, 0.3) is 0 Å². The number of thiazole rings is 1. The van der Waals surface area contributed by atoms with Crippen LogP contribution in [0.3, 0.4) is 0 Å². The van der Waals surface area contributed by atoms with E-state index in [1.165, 1.54) is 11.3 Å². The zero-order valence-electron chi connectivity index (χ0n) is 10.9. The second-order valence-corrected chi connectivity index (χ2v) is 7.66. The van der Waals surface area contributed by atoms with Crippen molar-refractivity contribution in [1.82, 2.24) is 4.98 Å². The Kier molecular flexibility index (Phi) is 3.10. The molecule has 0 bridgehead atoms. The van der Waals surface area contributed by atoms with Gasteiger partial charge in [-0.3, -0.25) is 4.79 Å². The van der Waals surface area contributed by atoms with Crippen molar-refractivity contribution < 1.29 is 4.79 Å². The van der Waals surface area contributed by atoms with E-state index < -0.39 is 0 Å². The maximum atomic E-state index is 12.2. The minimum atomic E-state index is 0.0344. The number of halogens is 1. The van der Waals surface area contributed by atoms with E-state index in [4.69, 9.17) is 0 Å². The molecule has 1 aliphatic rings. The molecule has 0 amide bonds. The highest BCUT2D eigenvalue weighted by Crippen LogP contribution is 2.39. The summed E-state index contributed by atoms with van der Waals surface area (Å²) in [5.74, 6) is 0.241. The summed E-state index contributed by atoms with van der Waals surface area (Å²) in [5.41, 5.74) is 2.08. The Morgan fingerprint density at radius 1 is 1.32 bits per heavy atom. The summed E-state index contributed by atoms with van der Waals surface area (Å²) in [4.78, 5) is 17.7. The van der Waals surface area contributed by atoms with Crippen molar-refractivity contribution in [2.24, 2.45) is 5.41 Å². The van der Waals surface area contributed by atoms with Gasteiger partial charge in [0.05, 0.1) is 10.6 Å². The molecule has 0 unspecified atom stereocenters. The lowest BCUT2D eigenvalue weighted by molar-refractivity contribution is 0.0916. The van der Waals surface area contributed by atoms with Crippen molar-refractivity contribution in [3.05, 3.63) is 39.3 Å². The molecular formula is C15H14BrNOS. The van der Waals surface area contributed by atoms with Crippen LogP contribution < -0.4 is 0 Å². The summed E-state index contributed by atoms with van der Waals surface area (Å²) in [5, 5.41) is 0.942. The fourth-order valence-corrected chi connectivity index (χ4v) is 3.88. The van der Waals surface area contributed by atoms with Gasteiger partial charge in [0.15, 0.2) is 5.78 Å². The number of nitrogens with zero attached hydrogens (tertiary/aromatic N) is 1. The van der Waals surface area contributed by atoms with Crippen molar-refractivity contribution in [1.29, 1.82) is 0 Å². The van der Waals surface area contributed by atoms with Crippen molar-refractivity contribution in [3.8, 4) is 10.6 Å². The molecule has 0 spiro atoms. The Balaban J connectivity index is 2.06. The van der Waals surface area contributed by atoms with E-state index in [2.05, 4.69) is 34.8 Å². The molecule has 2 nitrogen and oxygen atoms in total. The predicted molar refractivity (Wildman–Crippen MR) is 81.7 cm³/mol. The highest BCUT2D eigenvalue weighted by molar-refractivity contribution is 9.10. The number of ketones is 1. The van der Waals surface area contributed by atoms with Crippen LogP contribution in [0.5, 0.6) is 0 Å². The van der Waals surface area contributed by atoms with E-state index in [1.54, 1.807) is 0 Å². The Hall–Kier alpha value is -1.00. The summed E-state index contributed by atoms with van der Waals surface area (Å²) in [6.45, 7) is 4.26. The maximum Gasteiger partial charge on any atom is 0.175 e. The summed E-state index contributed by atoms with van der Waals surface area (Å²) >= 11 is 5.00. The lowest BCUT2D eigenvalue weighted by Gasteiger charge is -2.26. The van der Waals surface area contributed by atoms with Crippen LogP contribution in [0.15, 0.2) is 28.7 Å². The van der Waals surface area contributed by atoms with Gasteiger partial charge < -0.3 is 0 Å². The molecule has 0 N–H and O–H groups in total. The van der Waals surface area contributed by atoms with Crippen molar-refractivity contribution in [3.63, 3.8) is 0 Å². The van der Waals surface area contributed by atoms with E-state index in [0.717, 1.165) is 32.0 Å². The molecule has 98 valence electrons. The molecule has 0 saturated carbocycles. The Bertz CT molecular complexity index is 660. The zero-order valence-corrected chi connectivity index (χ0v) is 13.3. The van der Waals surface area contributed by atoms with Gasteiger partial charge in [0.1, 0.15) is 5.01 Å². The van der Waals surface area contributed by atoms with Gasteiger partial charge >= 0.3 is 0 Å². The molecule has 0 radical (unpaired) electrons. The average molecular weight is 336 g/mol. The fourth-order valence-electron chi connectivity index (χ4n) is 2.47. The first-order valence-electron chi connectivity index (χ1n) is 6.23. The molecule has 1 aromatic heterocycles. The van der Waals surface area contributed by atoms with Crippen LogP contribution in [0.1, 0.15) is 35.6 Å². The maximum absolute atomic E-state index is 12.2. The second-order valence-electron chi connectivity index (χ2n) is 5.75. The quantitative estimate of drug-likeness (QED) is 0.754. The van der Waals surface area contributed by atoms with Crippen molar-refractivity contribution >= 4 is 33.0 Å². The van der Waals surface area contributed by atoms with Crippen LogP contribution in [-0.4, -0.2) is 10.8 Å². The van der Waals surface area contributed by atoms with E-state index in [9.17, 15) is 4.79 Å². The third kappa shape index (κ3) is 2.51. The highest BCUT2D eigenvalue weighted by atomic mass is 79.9. The number of hydrogen-bond acceptors (Lipinski definition) is 3. The molecular weight excluding hydrogens is 322 g/mol. The molecule has 0 saturated heterocycles. The fraction of sp³-hybridized carbons (Fsp3) is 0.333. The molecule has 1 heterocycles. The second kappa shape index (κ2) is 4.53. The number of hydrogen-bond donors (Lipinski definition) is 0. The molecule has 3 rings (SSSR count). The SMILES string of the molecule is CC1(C)CC(=O)c2sc(-c3cccc(Br)c3)nc2C1. The van der Waals surface area contributed by atoms with Crippen LogP contribution in [0, 0.1) is 5.41 Å². The summed E-state index contributed by atoms with van der Waals surface area (Å²) in [6.07, 6.45) is 1.51. The standard InChI is InChI=1S/C15H14BrNOS/c1-15(2)7-11-13(12(18)8-15)19-14(17-11)9-4-3-5-10(16)6-9/h3-6H,7-8H2,1-2H3. The third-order valence-electron chi connectivity index (χ3n) is 3.31. The predicted octanol–water partition coefficient (Wildman–Crippen LogP) is 4.73. The number of carbonyl (C=O) groups excluding carboxylic acids is 1. The molecule has 1 aliphatic carbocycles. The van der Waals surface area contributed by atoms with Gasteiger partial charge in [-0.15, -0.1) is 11.3 Å². The topological polar surface area (TPSA) is 30.0 Å². The van der Waals surface area contributed by atoms with Crippen LogP contribution in [0.2, 0.25) is 0 Å². The highest BCUT2D eigenvalue weighted by Gasteiger charge is 2.33. The van der Waals surface area contributed by atoms with Gasteiger partial charge in [-0.2, -0.15) is 0 Å². The van der Waals surface area contributed by atoms with Crippen LogP contribution in [-0.2, 0) is 6.42 Å². The number of Topliss-reactive ketones (excluding diaryl/α,β-unsaturated/α-hetero) is 1. The molecule has 0 aliphatic heterocycles. The van der Waals surface area contributed by atoms with Gasteiger partial charge in [-0.25, -0.2) is 4.98 Å². The number of fused-ring (bicyclic) bond motifs is 1. The Morgan fingerprint density at radius 2 is 2.11 bits per heavy atom. The summed E-state index contributed by atoms with van der Waals surface area (Å²) < 4.78 is 1.03. The monoisotopic (exact) mass is 335 g/mol. The molecule has 19 heavy (non-hydrogen) atoms. The molecule has 0 atom stereocenters. The van der Waals surface area contributed by atoms with Crippen molar-refractivity contribution in [2.45, 2.75) is 26.7 Å². The third-order valence-corrected chi connectivity index (χ3v) is 4.99. The van der Waals surface area contributed by atoms with E-state index in [1.807, 2.05) is 24.3 Å². The molecule has 2 aromatic rings. The normalized spacial score (nSPS) is 17.3.